The number of aliphatic imine (C=N–C) groups is 1. The minimum atomic E-state index is 0. The second-order valence-corrected chi connectivity index (χ2v) is 8.14. The van der Waals surface area contributed by atoms with Crippen LogP contribution in [0, 0.1) is 11.8 Å². The molecule has 3 unspecified atom stereocenters. The number of amides is 1. The lowest BCUT2D eigenvalue weighted by Gasteiger charge is -2.30. The van der Waals surface area contributed by atoms with Crippen molar-refractivity contribution in [3.63, 3.8) is 0 Å². The summed E-state index contributed by atoms with van der Waals surface area (Å²) in [5, 5.41) is 10.0. The molecule has 3 N–H and O–H groups in total. The van der Waals surface area contributed by atoms with Crippen LogP contribution in [0.1, 0.15) is 51.4 Å². The third-order valence-corrected chi connectivity index (χ3v) is 5.67. The average molecular weight is 508 g/mol. The minimum absolute atomic E-state index is 0. The summed E-state index contributed by atoms with van der Waals surface area (Å²) in [5.74, 6) is 1.79. The van der Waals surface area contributed by atoms with Crippen LogP contribution < -0.4 is 16.0 Å². The van der Waals surface area contributed by atoms with Gasteiger partial charge in [0, 0.05) is 50.7 Å². The molecule has 3 atom stereocenters. The van der Waals surface area contributed by atoms with E-state index in [1.165, 1.54) is 0 Å². The van der Waals surface area contributed by atoms with Crippen molar-refractivity contribution in [3.05, 3.63) is 0 Å². The van der Waals surface area contributed by atoms with Crippen molar-refractivity contribution in [2.45, 2.75) is 63.5 Å². The zero-order chi connectivity index (χ0) is 18.9. The molecule has 0 aromatic rings. The van der Waals surface area contributed by atoms with Gasteiger partial charge in [0.25, 0.3) is 0 Å². The molecular weight excluding hydrogens is 471 g/mol. The van der Waals surface area contributed by atoms with E-state index in [2.05, 4.69) is 20.9 Å². The molecule has 0 radical (unpaired) electrons. The number of carbonyl (C=O) groups is 1. The molecule has 1 saturated heterocycles. The molecule has 28 heavy (non-hydrogen) atoms. The van der Waals surface area contributed by atoms with Crippen molar-refractivity contribution in [1.29, 1.82) is 0 Å². The predicted molar refractivity (Wildman–Crippen MR) is 121 cm³/mol. The molecule has 1 amide bonds. The molecule has 1 heterocycles. The molecule has 0 aromatic heterocycles. The summed E-state index contributed by atoms with van der Waals surface area (Å²) in [5.41, 5.74) is 0. The van der Waals surface area contributed by atoms with Crippen molar-refractivity contribution in [2.24, 2.45) is 16.8 Å². The molecule has 2 saturated carbocycles. The Labute approximate surface area is 186 Å². The van der Waals surface area contributed by atoms with Gasteiger partial charge in [-0.3, -0.25) is 9.79 Å². The second kappa shape index (κ2) is 12.8. The van der Waals surface area contributed by atoms with Crippen LogP contribution in [0.5, 0.6) is 0 Å². The van der Waals surface area contributed by atoms with Crippen molar-refractivity contribution in [3.8, 4) is 0 Å². The van der Waals surface area contributed by atoms with E-state index < -0.39 is 0 Å². The first-order valence-corrected chi connectivity index (χ1v) is 10.7. The van der Waals surface area contributed by atoms with E-state index in [-0.39, 0.29) is 35.8 Å². The number of nitrogens with zero attached hydrogens (tertiary/aromatic N) is 1. The zero-order valence-corrected chi connectivity index (χ0v) is 19.4. The highest BCUT2D eigenvalue weighted by molar-refractivity contribution is 14.0. The van der Waals surface area contributed by atoms with Gasteiger partial charge in [0.05, 0.1) is 13.2 Å². The number of hydrogen-bond acceptors (Lipinski definition) is 4. The fraction of sp³-hybridized carbons (Fsp3) is 0.900. The lowest BCUT2D eigenvalue weighted by atomic mass is 9.85. The van der Waals surface area contributed by atoms with Crippen molar-refractivity contribution < 1.29 is 14.3 Å². The van der Waals surface area contributed by atoms with E-state index >= 15 is 0 Å². The molecule has 3 rings (SSSR count). The normalized spacial score (nSPS) is 27.8. The summed E-state index contributed by atoms with van der Waals surface area (Å²) in [4.78, 5) is 16.6. The summed E-state index contributed by atoms with van der Waals surface area (Å²) < 4.78 is 11.1. The van der Waals surface area contributed by atoms with E-state index in [0.717, 1.165) is 90.3 Å². The summed E-state index contributed by atoms with van der Waals surface area (Å²) in [6.45, 7) is 4.11. The third-order valence-electron chi connectivity index (χ3n) is 5.67. The number of halogens is 1. The Morgan fingerprint density at radius 2 is 2.00 bits per heavy atom. The largest absolute Gasteiger partial charge is 0.381 e. The number of hydrogen-bond donors (Lipinski definition) is 3. The molecular formula is C20H37IN4O3. The van der Waals surface area contributed by atoms with E-state index in [0.29, 0.717) is 18.0 Å². The Balaban J connectivity index is 0.00000280. The van der Waals surface area contributed by atoms with Gasteiger partial charge in [-0.05, 0) is 44.9 Å². The zero-order valence-electron chi connectivity index (χ0n) is 17.1. The van der Waals surface area contributed by atoms with Crippen molar-refractivity contribution in [2.75, 3.05) is 40.0 Å². The Hall–Kier alpha value is -0.610. The molecule has 7 nitrogen and oxygen atoms in total. The average Bonchev–Trinajstić information content (AvgIpc) is 3.34. The summed E-state index contributed by atoms with van der Waals surface area (Å²) in [6.07, 6.45) is 8.46. The molecule has 0 spiro atoms. The van der Waals surface area contributed by atoms with E-state index in [9.17, 15) is 4.79 Å². The maximum absolute atomic E-state index is 12.3. The molecule has 1 aliphatic heterocycles. The van der Waals surface area contributed by atoms with E-state index in [1.807, 2.05) is 0 Å². The van der Waals surface area contributed by atoms with Crippen molar-refractivity contribution in [1.82, 2.24) is 16.0 Å². The monoisotopic (exact) mass is 508 g/mol. The Morgan fingerprint density at radius 3 is 2.71 bits per heavy atom. The molecule has 2 aliphatic carbocycles. The quantitative estimate of drug-likeness (QED) is 0.192. The van der Waals surface area contributed by atoms with Crippen LogP contribution >= 0.6 is 24.0 Å². The van der Waals surface area contributed by atoms with Crippen LogP contribution in [0.3, 0.4) is 0 Å². The van der Waals surface area contributed by atoms with Gasteiger partial charge in [-0.25, -0.2) is 0 Å². The van der Waals surface area contributed by atoms with Crippen LogP contribution in [-0.4, -0.2) is 64.0 Å². The van der Waals surface area contributed by atoms with Gasteiger partial charge in [-0.2, -0.15) is 0 Å². The first-order valence-electron chi connectivity index (χ1n) is 10.7. The summed E-state index contributed by atoms with van der Waals surface area (Å²) in [7, 11) is 1.80. The molecule has 8 heteroatoms. The molecule has 0 bridgehead atoms. The fourth-order valence-electron chi connectivity index (χ4n) is 3.84. The second-order valence-electron chi connectivity index (χ2n) is 8.14. The third kappa shape index (κ3) is 8.41. The fourth-order valence-corrected chi connectivity index (χ4v) is 3.84. The summed E-state index contributed by atoms with van der Waals surface area (Å²) >= 11 is 0. The van der Waals surface area contributed by atoms with Gasteiger partial charge in [-0.1, -0.05) is 6.42 Å². The van der Waals surface area contributed by atoms with Crippen LogP contribution in [0.2, 0.25) is 0 Å². The van der Waals surface area contributed by atoms with Gasteiger partial charge < -0.3 is 25.4 Å². The highest BCUT2D eigenvalue weighted by atomic mass is 127. The van der Waals surface area contributed by atoms with E-state index in [1.54, 1.807) is 7.05 Å². The van der Waals surface area contributed by atoms with Gasteiger partial charge in [0.1, 0.15) is 0 Å². The molecule has 3 aliphatic rings. The SMILES string of the molecule is CN=C(NCCCOCC1CCOC1)NC1CCCC(C(=O)NC2CC2)C1.I. The Morgan fingerprint density at radius 1 is 1.14 bits per heavy atom. The Kier molecular flexibility index (Phi) is 10.9. The van der Waals surface area contributed by atoms with Gasteiger partial charge in [-0.15, -0.1) is 24.0 Å². The van der Waals surface area contributed by atoms with Crippen LogP contribution in [0.4, 0.5) is 0 Å². The minimum Gasteiger partial charge on any atom is -0.381 e. The van der Waals surface area contributed by atoms with E-state index in [4.69, 9.17) is 9.47 Å². The smallest absolute Gasteiger partial charge is 0.223 e. The maximum Gasteiger partial charge on any atom is 0.223 e. The van der Waals surface area contributed by atoms with Gasteiger partial charge >= 0.3 is 0 Å². The number of carbonyl (C=O) groups excluding carboxylic acids is 1. The highest BCUT2D eigenvalue weighted by Crippen LogP contribution is 2.26. The van der Waals surface area contributed by atoms with Gasteiger partial charge in [0.2, 0.25) is 5.91 Å². The Bertz CT molecular complexity index is 496. The first-order chi connectivity index (χ1) is 13.2. The summed E-state index contributed by atoms with van der Waals surface area (Å²) in [6, 6.07) is 0.766. The predicted octanol–water partition coefficient (Wildman–Crippen LogP) is 2.05. The topological polar surface area (TPSA) is 84.0 Å². The lowest BCUT2D eigenvalue weighted by molar-refractivity contribution is -0.126. The maximum atomic E-state index is 12.3. The number of ether oxygens (including phenoxy) is 2. The highest BCUT2D eigenvalue weighted by Gasteiger charge is 2.31. The number of rotatable bonds is 9. The lowest BCUT2D eigenvalue weighted by Crippen LogP contribution is -2.47. The van der Waals surface area contributed by atoms with Crippen LogP contribution in [-0.2, 0) is 14.3 Å². The number of guanidine groups is 1. The number of nitrogens with one attached hydrogen (secondary N) is 3. The van der Waals surface area contributed by atoms with Crippen LogP contribution in [0.25, 0.3) is 0 Å². The first kappa shape index (κ1) is 23.7. The van der Waals surface area contributed by atoms with Crippen LogP contribution in [0.15, 0.2) is 4.99 Å². The molecule has 3 fully saturated rings. The van der Waals surface area contributed by atoms with Crippen molar-refractivity contribution >= 4 is 35.8 Å². The molecule has 0 aromatic carbocycles. The molecule has 162 valence electrons. The van der Waals surface area contributed by atoms with Gasteiger partial charge in [0.15, 0.2) is 5.96 Å². The standard InChI is InChI=1S/C20H36N4O3.HI/c1-21-20(22-9-3-10-26-13-15-8-11-27-14-15)24-18-5-2-4-16(12-18)19(25)23-17-6-7-17;/h15-18H,2-14H2,1H3,(H,23,25)(H2,21,22,24);1H.